The lowest BCUT2D eigenvalue weighted by Crippen LogP contribution is -2.35. The fraction of sp³-hybridized carbons (Fsp3) is 0.200. The normalized spacial score (nSPS) is 10.6. The summed E-state index contributed by atoms with van der Waals surface area (Å²) < 4.78 is 8.03. The maximum atomic E-state index is 11.9. The van der Waals surface area contributed by atoms with Gasteiger partial charge in [0.1, 0.15) is 17.6 Å². The van der Waals surface area contributed by atoms with Crippen molar-refractivity contribution in [1.82, 2.24) is 13.6 Å². The Balaban J connectivity index is 2.32. The summed E-state index contributed by atoms with van der Waals surface area (Å²) in [6.45, 7) is -0.435. The van der Waals surface area contributed by atoms with Crippen LogP contribution in [0.25, 0.3) is 11.0 Å². The number of aliphatic carboxylic acids is 1. The average Bonchev–Trinajstić information content (AvgIpc) is 2.82. The minimum Gasteiger partial charge on any atom is -0.480 e. The standard InChI is InChI=1S/C10H8Cl2N4O3S/c1-16(3-6(17)18)10(19)13-7-4(11)2-5(12)8-9(7)15-20-14-8/h2H,3H2,1H3,(H,13,19)(H,17,18). The third-order valence-corrected chi connectivity index (χ3v) is 3.51. The second kappa shape index (κ2) is 5.78. The zero-order chi connectivity index (χ0) is 14.9. The highest BCUT2D eigenvalue weighted by atomic mass is 35.5. The predicted molar refractivity (Wildman–Crippen MR) is 76.7 cm³/mol. The van der Waals surface area contributed by atoms with Gasteiger partial charge in [-0.15, -0.1) is 0 Å². The zero-order valence-corrected chi connectivity index (χ0v) is 12.4. The van der Waals surface area contributed by atoms with Gasteiger partial charge in [-0.3, -0.25) is 4.79 Å². The number of carboxylic acid groups (broad SMARTS) is 1. The van der Waals surface area contributed by atoms with Gasteiger partial charge in [0.15, 0.2) is 0 Å². The Hall–Kier alpha value is -1.64. The van der Waals surface area contributed by atoms with E-state index in [0.29, 0.717) is 16.1 Å². The largest absolute Gasteiger partial charge is 0.480 e. The average molecular weight is 335 g/mol. The minimum absolute atomic E-state index is 0.201. The molecule has 2 amide bonds. The first kappa shape index (κ1) is 14.8. The van der Waals surface area contributed by atoms with Crippen LogP contribution in [-0.4, -0.2) is 44.3 Å². The highest BCUT2D eigenvalue weighted by Crippen LogP contribution is 2.35. The van der Waals surface area contributed by atoms with Crippen molar-refractivity contribution in [2.24, 2.45) is 0 Å². The van der Waals surface area contributed by atoms with Crippen LogP contribution in [0.5, 0.6) is 0 Å². The topological polar surface area (TPSA) is 95.4 Å². The maximum absolute atomic E-state index is 11.9. The molecule has 20 heavy (non-hydrogen) atoms. The molecule has 0 aliphatic heterocycles. The van der Waals surface area contributed by atoms with E-state index in [4.69, 9.17) is 28.3 Å². The molecule has 0 spiro atoms. The molecule has 1 heterocycles. The molecule has 0 atom stereocenters. The number of urea groups is 1. The van der Waals surface area contributed by atoms with Gasteiger partial charge in [0.2, 0.25) is 0 Å². The van der Waals surface area contributed by atoms with Crippen LogP contribution in [0.3, 0.4) is 0 Å². The van der Waals surface area contributed by atoms with Crippen LogP contribution in [0.4, 0.5) is 10.5 Å². The third kappa shape index (κ3) is 2.92. The van der Waals surface area contributed by atoms with Crippen LogP contribution in [0.2, 0.25) is 10.0 Å². The van der Waals surface area contributed by atoms with Crippen LogP contribution < -0.4 is 5.32 Å². The van der Waals surface area contributed by atoms with E-state index in [-0.39, 0.29) is 10.7 Å². The molecule has 1 aromatic carbocycles. The number of aromatic nitrogens is 2. The highest BCUT2D eigenvalue weighted by Gasteiger charge is 2.18. The van der Waals surface area contributed by atoms with Gasteiger partial charge in [-0.25, -0.2) is 4.79 Å². The fourth-order valence-corrected chi connectivity index (χ4v) is 2.63. The van der Waals surface area contributed by atoms with Gasteiger partial charge < -0.3 is 15.3 Å². The van der Waals surface area contributed by atoms with Crippen LogP contribution in [0.1, 0.15) is 0 Å². The molecule has 2 aromatic rings. The summed E-state index contributed by atoms with van der Waals surface area (Å²) in [5, 5.41) is 11.7. The Morgan fingerprint density at radius 3 is 2.65 bits per heavy atom. The molecule has 2 rings (SSSR count). The second-order valence-electron chi connectivity index (χ2n) is 3.86. The number of likely N-dealkylation sites (N-methyl/N-ethyl adjacent to an activating group) is 1. The summed E-state index contributed by atoms with van der Waals surface area (Å²) in [6.07, 6.45) is 0. The number of carbonyl (C=O) groups is 2. The van der Waals surface area contributed by atoms with Crippen LogP contribution in [-0.2, 0) is 4.79 Å². The first-order valence-electron chi connectivity index (χ1n) is 5.24. The molecular weight excluding hydrogens is 327 g/mol. The van der Waals surface area contributed by atoms with Crippen molar-refractivity contribution in [2.75, 3.05) is 18.9 Å². The van der Waals surface area contributed by atoms with E-state index < -0.39 is 18.5 Å². The maximum Gasteiger partial charge on any atom is 0.323 e. The van der Waals surface area contributed by atoms with Crippen molar-refractivity contribution < 1.29 is 14.7 Å². The Morgan fingerprint density at radius 1 is 1.35 bits per heavy atom. The Labute approximate surface area is 127 Å². The van der Waals surface area contributed by atoms with Gasteiger partial charge in [0, 0.05) is 7.05 Å². The number of benzene rings is 1. The number of hydrogen-bond acceptors (Lipinski definition) is 5. The van der Waals surface area contributed by atoms with E-state index in [9.17, 15) is 9.59 Å². The molecule has 7 nitrogen and oxygen atoms in total. The molecule has 0 radical (unpaired) electrons. The van der Waals surface area contributed by atoms with Crippen LogP contribution in [0, 0.1) is 0 Å². The van der Waals surface area contributed by atoms with Crippen molar-refractivity contribution in [3.8, 4) is 0 Å². The molecule has 0 unspecified atom stereocenters. The van der Waals surface area contributed by atoms with E-state index in [2.05, 4.69) is 14.1 Å². The molecule has 0 aliphatic carbocycles. The van der Waals surface area contributed by atoms with E-state index in [1.165, 1.54) is 13.1 Å². The van der Waals surface area contributed by atoms with Gasteiger partial charge in [-0.2, -0.15) is 8.75 Å². The van der Waals surface area contributed by atoms with Crippen LogP contribution >= 0.6 is 34.9 Å². The number of amides is 2. The summed E-state index contributed by atoms with van der Waals surface area (Å²) in [7, 11) is 1.35. The molecule has 106 valence electrons. The number of anilines is 1. The van der Waals surface area contributed by atoms with E-state index in [1.54, 1.807) is 0 Å². The lowest BCUT2D eigenvalue weighted by molar-refractivity contribution is -0.137. The Bertz CT molecular complexity index is 690. The number of halogens is 2. The van der Waals surface area contributed by atoms with Gasteiger partial charge in [-0.1, -0.05) is 23.2 Å². The quantitative estimate of drug-likeness (QED) is 0.899. The third-order valence-electron chi connectivity index (χ3n) is 2.39. The highest BCUT2D eigenvalue weighted by molar-refractivity contribution is 7.00. The minimum atomic E-state index is -1.12. The first-order valence-corrected chi connectivity index (χ1v) is 6.73. The molecule has 0 aliphatic rings. The molecular formula is C10H8Cl2N4O3S. The Morgan fingerprint density at radius 2 is 2.00 bits per heavy atom. The van der Waals surface area contributed by atoms with E-state index in [0.717, 1.165) is 16.6 Å². The number of nitrogens with one attached hydrogen (secondary N) is 1. The van der Waals surface area contributed by atoms with Gasteiger partial charge >= 0.3 is 12.0 Å². The summed E-state index contributed by atoms with van der Waals surface area (Å²) in [5.41, 5.74) is 1.05. The molecule has 0 saturated carbocycles. The molecule has 0 fully saturated rings. The summed E-state index contributed by atoms with van der Waals surface area (Å²) in [5.74, 6) is -1.12. The molecule has 10 heteroatoms. The van der Waals surface area contributed by atoms with Crippen molar-refractivity contribution in [3.63, 3.8) is 0 Å². The molecule has 0 bridgehead atoms. The number of fused-ring (bicyclic) bond motifs is 1. The first-order chi connectivity index (χ1) is 9.40. The SMILES string of the molecule is CN(CC(=O)O)C(=O)Nc1c(Cl)cc(Cl)c2nsnc12. The fourth-order valence-electron chi connectivity index (χ4n) is 1.47. The number of rotatable bonds is 3. The lowest BCUT2D eigenvalue weighted by atomic mass is 10.2. The summed E-state index contributed by atoms with van der Waals surface area (Å²) in [6, 6.07) is 0.825. The van der Waals surface area contributed by atoms with Gasteiger partial charge in [0.05, 0.1) is 27.5 Å². The van der Waals surface area contributed by atoms with Crippen molar-refractivity contribution >= 4 is 63.7 Å². The Kier molecular flexibility index (Phi) is 4.26. The van der Waals surface area contributed by atoms with Crippen molar-refractivity contribution in [1.29, 1.82) is 0 Å². The second-order valence-corrected chi connectivity index (χ2v) is 5.20. The summed E-state index contributed by atoms with van der Waals surface area (Å²) in [4.78, 5) is 23.4. The van der Waals surface area contributed by atoms with Crippen molar-refractivity contribution in [2.45, 2.75) is 0 Å². The number of carboxylic acids is 1. The van der Waals surface area contributed by atoms with Crippen molar-refractivity contribution in [3.05, 3.63) is 16.1 Å². The monoisotopic (exact) mass is 334 g/mol. The number of hydrogen-bond donors (Lipinski definition) is 2. The number of carbonyl (C=O) groups excluding carboxylic acids is 1. The summed E-state index contributed by atoms with van der Waals surface area (Å²) >= 11 is 12.9. The molecule has 2 N–H and O–H groups in total. The van der Waals surface area contributed by atoms with E-state index >= 15 is 0 Å². The predicted octanol–water partition coefficient (Wildman–Crippen LogP) is 2.55. The smallest absolute Gasteiger partial charge is 0.323 e. The zero-order valence-electron chi connectivity index (χ0n) is 10.1. The van der Waals surface area contributed by atoms with E-state index in [1.807, 2.05) is 0 Å². The molecule has 0 saturated heterocycles. The number of nitrogens with zero attached hydrogens (tertiary/aromatic N) is 3. The lowest BCUT2D eigenvalue weighted by Gasteiger charge is -2.16. The van der Waals surface area contributed by atoms with Gasteiger partial charge in [0.25, 0.3) is 0 Å². The van der Waals surface area contributed by atoms with Crippen LogP contribution in [0.15, 0.2) is 6.07 Å². The van der Waals surface area contributed by atoms with Gasteiger partial charge in [-0.05, 0) is 6.07 Å². The molecule has 1 aromatic heterocycles.